The van der Waals surface area contributed by atoms with E-state index in [9.17, 15) is 0 Å². The first kappa shape index (κ1) is 14.3. The molecule has 0 unspecified atom stereocenters. The Kier molecular flexibility index (Phi) is 5.50. The van der Waals surface area contributed by atoms with E-state index in [1.54, 1.807) is 0 Å². The minimum atomic E-state index is 0.799. The molecule has 1 aliphatic carbocycles. The van der Waals surface area contributed by atoms with Gasteiger partial charge in [0.15, 0.2) is 0 Å². The summed E-state index contributed by atoms with van der Waals surface area (Å²) >= 11 is 0. The van der Waals surface area contributed by atoms with Gasteiger partial charge >= 0.3 is 0 Å². The van der Waals surface area contributed by atoms with E-state index in [-0.39, 0.29) is 0 Å². The SMILES string of the molecule is CNC1CCC(CN2CCC(C(C)C)CC2)CC1. The van der Waals surface area contributed by atoms with Crippen molar-refractivity contribution in [1.82, 2.24) is 10.2 Å². The standard InChI is InChI=1S/C16H32N2/c1-13(2)15-8-10-18(11-9-15)12-14-4-6-16(17-3)7-5-14/h13-17H,4-12H2,1-3H3. The van der Waals surface area contributed by atoms with Crippen LogP contribution in [0.2, 0.25) is 0 Å². The molecule has 0 bridgehead atoms. The van der Waals surface area contributed by atoms with E-state index in [1.807, 2.05) is 0 Å². The zero-order chi connectivity index (χ0) is 13.0. The summed E-state index contributed by atoms with van der Waals surface area (Å²) in [5, 5.41) is 3.43. The van der Waals surface area contributed by atoms with Crippen LogP contribution in [0.4, 0.5) is 0 Å². The molecule has 0 aromatic rings. The van der Waals surface area contributed by atoms with Crippen LogP contribution >= 0.6 is 0 Å². The van der Waals surface area contributed by atoms with Gasteiger partial charge in [0.1, 0.15) is 0 Å². The maximum absolute atomic E-state index is 3.43. The Morgan fingerprint density at radius 2 is 1.61 bits per heavy atom. The Balaban J connectivity index is 1.66. The second-order valence-corrected chi connectivity index (χ2v) is 6.89. The highest BCUT2D eigenvalue weighted by Gasteiger charge is 2.25. The molecule has 2 aliphatic rings. The predicted molar refractivity (Wildman–Crippen MR) is 78.8 cm³/mol. The van der Waals surface area contributed by atoms with Crippen LogP contribution in [0, 0.1) is 17.8 Å². The molecule has 0 amide bonds. The summed E-state index contributed by atoms with van der Waals surface area (Å²) in [5.41, 5.74) is 0. The van der Waals surface area contributed by atoms with Crippen molar-refractivity contribution in [2.45, 2.75) is 58.4 Å². The number of likely N-dealkylation sites (tertiary alicyclic amines) is 1. The van der Waals surface area contributed by atoms with Gasteiger partial charge in [-0.25, -0.2) is 0 Å². The van der Waals surface area contributed by atoms with Gasteiger partial charge in [0.25, 0.3) is 0 Å². The number of hydrogen-bond acceptors (Lipinski definition) is 2. The predicted octanol–water partition coefficient (Wildman–Crippen LogP) is 3.13. The highest BCUT2D eigenvalue weighted by Crippen LogP contribution is 2.28. The molecule has 2 rings (SSSR count). The number of piperidine rings is 1. The van der Waals surface area contributed by atoms with Crippen molar-refractivity contribution in [3.63, 3.8) is 0 Å². The summed E-state index contributed by atoms with van der Waals surface area (Å²) in [6, 6.07) is 0.799. The van der Waals surface area contributed by atoms with E-state index in [0.717, 1.165) is 23.8 Å². The van der Waals surface area contributed by atoms with Crippen molar-refractivity contribution >= 4 is 0 Å². The van der Waals surface area contributed by atoms with E-state index in [4.69, 9.17) is 0 Å². The average Bonchev–Trinajstić information content (AvgIpc) is 2.40. The van der Waals surface area contributed by atoms with Gasteiger partial charge in [-0.3, -0.25) is 0 Å². The first-order valence-corrected chi connectivity index (χ1v) is 8.08. The van der Waals surface area contributed by atoms with E-state index in [1.165, 1.54) is 58.2 Å². The third-order valence-electron chi connectivity index (χ3n) is 5.35. The van der Waals surface area contributed by atoms with Gasteiger partial charge in [-0.15, -0.1) is 0 Å². The highest BCUT2D eigenvalue weighted by molar-refractivity contribution is 4.80. The van der Waals surface area contributed by atoms with Gasteiger partial charge in [0.05, 0.1) is 0 Å². The Hall–Kier alpha value is -0.0800. The molecule has 2 nitrogen and oxygen atoms in total. The second-order valence-electron chi connectivity index (χ2n) is 6.89. The van der Waals surface area contributed by atoms with Gasteiger partial charge < -0.3 is 10.2 Å². The molecule has 1 aliphatic heterocycles. The average molecular weight is 252 g/mol. The molecule has 0 spiro atoms. The molecule has 0 atom stereocenters. The third-order valence-corrected chi connectivity index (χ3v) is 5.35. The molecule has 0 aromatic carbocycles. The van der Waals surface area contributed by atoms with Gasteiger partial charge in [0, 0.05) is 12.6 Å². The van der Waals surface area contributed by atoms with E-state index >= 15 is 0 Å². The van der Waals surface area contributed by atoms with Crippen LogP contribution in [0.3, 0.4) is 0 Å². The van der Waals surface area contributed by atoms with Crippen LogP contribution in [0.5, 0.6) is 0 Å². The van der Waals surface area contributed by atoms with Crippen molar-refractivity contribution < 1.29 is 0 Å². The molecule has 18 heavy (non-hydrogen) atoms. The number of rotatable bonds is 4. The fourth-order valence-electron chi connectivity index (χ4n) is 3.80. The molecular formula is C16H32N2. The maximum atomic E-state index is 3.43. The zero-order valence-corrected chi connectivity index (χ0v) is 12.6. The summed E-state index contributed by atoms with van der Waals surface area (Å²) in [6.07, 6.45) is 8.53. The van der Waals surface area contributed by atoms with Crippen molar-refractivity contribution in [1.29, 1.82) is 0 Å². The highest BCUT2D eigenvalue weighted by atomic mass is 15.1. The normalized spacial score (nSPS) is 32.0. The summed E-state index contributed by atoms with van der Waals surface area (Å²) in [4.78, 5) is 2.74. The van der Waals surface area contributed by atoms with Crippen LogP contribution < -0.4 is 5.32 Å². The van der Waals surface area contributed by atoms with E-state index < -0.39 is 0 Å². The Morgan fingerprint density at radius 1 is 1.00 bits per heavy atom. The summed E-state index contributed by atoms with van der Waals surface area (Å²) in [7, 11) is 2.11. The monoisotopic (exact) mass is 252 g/mol. The molecule has 2 fully saturated rings. The van der Waals surface area contributed by atoms with Gasteiger partial charge in [-0.05, 0) is 76.4 Å². The number of nitrogens with zero attached hydrogens (tertiary/aromatic N) is 1. The van der Waals surface area contributed by atoms with Crippen molar-refractivity contribution in [3.05, 3.63) is 0 Å². The topological polar surface area (TPSA) is 15.3 Å². The number of nitrogens with one attached hydrogen (secondary N) is 1. The summed E-state index contributed by atoms with van der Waals surface area (Å²) in [5.74, 6) is 2.85. The molecule has 0 aromatic heterocycles. The lowest BCUT2D eigenvalue weighted by molar-refractivity contribution is 0.125. The lowest BCUT2D eigenvalue weighted by Gasteiger charge is -2.37. The molecule has 0 radical (unpaired) electrons. The van der Waals surface area contributed by atoms with Crippen molar-refractivity contribution in [3.8, 4) is 0 Å². The molecule has 1 saturated heterocycles. The smallest absolute Gasteiger partial charge is 0.00642 e. The Bertz CT molecular complexity index is 223. The quantitative estimate of drug-likeness (QED) is 0.827. The fraction of sp³-hybridized carbons (Fsp3) is 1.00. The lowest BCUT2D eigenvalue weighted by atomic mass is 9.83. The first-order chi connectivity index (χ1) is 8.69. The van der Waals surface area contributed by atoms with Crippen molar-refractivity contribution in [2.24, 2.45) is 17.8 Å². The van der Waals surface area contributed by atoms with Crippen LogP contribution in [0.15, 0.2) is 0 Å². The van der Waals surface area contributed by atoms with Crippen LogP contribution in [-0.4, -0.2) is 37.6 Å². The first-order valence-electron chi connectivity index (χ1n) is 8.08. The summed E-state index contributed by atoms with van der Waals surface area (Å²) < 4.78 is 0. The Morgan fingerprint density at radius 3 is 2.11 bits per heavy atom. The largest absolute Gasteiger partial charge is 0.317 e. The maximum Gasteiger partial charge on any atom is 0.00642 e. The zero-order valence-electron chi connectivity index (χ0n) is 12.6. The minimum absolute atomic E-state index is 0.799. The molecule has 1 heterocycles. The van der Waals surface area contributed by atoms with Crippen molar-refractivity contribution in [2.75, 3.05) is 26.7 Å². The van der Waals surface area contributed by atoms with Crippen LogP contribution in [-0.2, 0) is 0 Å². The molecule has 106 valence electrons. The van der Waals surface area contributed by atoms with E-state index in [0.29, 0.717) is 0 Å². The Labute approximate surface area is 114 Å². The second kappa shape index (κ2) is 6.91. The summed E-state index contributed by atoms with van der Waals surface area (Å²) in [6.45, 7) is 8.86. The molecular weight excluding hydrogens is 220 g/mol. The fourth-order valence-corrected chi connectivity index (χ4v) is 3.80. The number of hydrogen-bond donors (Lipinski definition) is 1. The third kappa shape index (κ3) is 3.96. The molecule has 1 N–H and O–H groups in total. The lowest BCUT2D eigenvalue weighted by Crippen LogP contribution is -2.40. The van der Waals surface area contributed by atoms with Gasteiger partial charge in [-0.2, -0.15) is 0 Å². The van der Waals surface area contributed by atoms with Crippen LogP contribution in [0.1, 0.15) is 52.4 Å². The minimum Gasteiger partial charge on any atom is -0.317 e. The van der Waals surface area contributed by atoms with Gasteiger partial charge in [0.2, 0.25) is 0 Å². The molecule has 1 saturated carbocycles. The van der Waals surface area contributed by atoms with E-state index in [2.05, 4.69) is 31.1 Å². The van der Waals surface area contributed by atoms with Crippen LogP contribution in [0.25, 0.3) is 0 Å². The molecule has 2 heteroatoms. The van der Waals surface area contributed by atoms with Gasteiger partial charge in [-0.1, -0.05) is 13.8 Å².